The second-order valence-corrected chi connectivity index (χ2v) is 8.15. The molecule has 0 spiro atoms. The molecule has 0 aliphatic carbocycles. The van der Waals surface area contributed by atoms with Crippen molar-refractivity contribution in [2.24, 2.45) is 0 Å². The van der Waals surface area contributed by atoms with Crippen molar-refractivity contribution in [2.75, 3.05) is 0 Å². The molecule has 9 nitrogen and oxygen atoms in total. The summed E-state index contributed by atoms with van der Waals surface area (Å²) in [6.07, 6.45) is -0.775. The Labute approximate surface area is 178 Å². The minimum absolute atomic E-state index is 0.0392. The van der Waals surface area contributed by atoms with Crippen LogP contribution >= 0.6 is 22.7 Å². The van der Waals surface area contributed by atoms with E-state index in [4.69, 9.17) is 9.15 Å². The predicted molar refractivity (Wildman–Crippen MR) is 110 cm³/mol. The second-order valence-electron chi connectivity index (χ2n) is 6.21. The Hall–Kier alpha value is -3.44. The molecule has 3 heterocycles. The average Bonchev–Trinajstić information content (AvgIpc) is 3.48. The highest BCUT2D eigenvalue weighted by Gasteiger charge is 2.24. The molecule has 0 radical (unpaired) electrons. The summed E-state index contributed by atoms with van der Waals surface area (Å²) < 4.78 is 11.1. The maximum Gasteiger partial charge on any atom is 0.351 e. The first-order valence-electron chi connectivity index (χ1n) is 8.73. The van der Waals surface area contributed by atoms with Gasteiger partial charge in [-0.15, -0.1) is 32.9 Å². The van der Waals surface area contributed by atoms with E-state index in [9.17, 15) is 14.9 Å². The molecule has 0 aliphatic rings. The lowest BCUT2D eigenvalue weighted by Crippen LogP contribution is -2.09. The summed E-state index contributed by atoms with van der Waals surface area (Å²) in [4.78, 5) is 28.7. The molecule has 11 heteroatoms. The largest absolute Gasteiger partial charge is 0.448 e. The summed E-state index contributed by atoms with van der Waals surface area (Å²) in [6.45, 7) is 3.38. The summed E-state index contributed by atoms with van der Waals surface area (Å²) in [5.41, 5.74) is 1.08. The Morgan fingerprint density at radius 1 is 1.23 bits per heavy atom. The molecule has 4 aromatic rings. The number of nitro benzene ring substituents is 1. The summed E-state index contributed by atoms with van der Waals surface area (Å²) in [5, 5.41) is 21.3. The van der Waals surface area contributed by atoms with Gasteiger partial charge >= 0.3 is 5.97 Å². The van der Waals surface area contributed by atoms with E-state index < -0.39 is 17.0 Å². The number of hydrogen-bond acceptors (Lipinski definition) is 10. The highest BCUT2D eigenvalue weighted by atomic mass is 32.1. The Balaban J connectivity index is 1.47. The molecule has 0 saturated heterocycles. The van der Waals surface area contributed by atoms with Crippen molar-refractivity contribution < 1.29 is 18.9 Å². The summed E-state index contributed by atoms with van der Waals surface area (Å²) >= 11 is 2.82. The number of hydrogen-bond donors (Lipinski definition) is 0. The monoisotopic (exact) mass is 442 g/mol. The van der Waals surface area contributed by atoms with Crippen LogP contribution < -0.4 is 0 Å². The molecular formula is C19H14N4O5S2. The molecular weight excluding hydrogens is 428 g/mol. The molecule has 1 aromatic carbocycles. The van der Waals surface area contributed by atoms with Gasteiger partial charge in [0.05, 0.1) is 15.5 Å². The van der Waals surface area contributed by atoms with Crippen LogP contribution in [-0.2, 0) is 4.74 Å². The zero-order valence-electron chi connectivity index (χ0n) is 15.8. The SMILES string of the molecule is Cc1nc(-c2cccs2)sc1C(=O)OC(C)c1nnc(-c2ccc([N+](=O)[O-])cc2)o1. The van der Waals surface area contributed by atoms with E-state index in [0.29, 0.717) is 16.1 Å². The van der Waals surface area contributed by atoms with Gasteiger partial charge < -0.3 is 9.15 Å². The summed E-state index contributed by atoms with van der Waals surface area (Å²) in [6, 6.07) is 9.59. The second kappa shape index (κ2) is 8.13. The van der Waals surface area contributed by atoms with E-state index in [1.165, 1.54) is 35.6 Å². The van der Waals surface area contributed by atoms with Crippen LogP contribution in [0.15, 0.2) is 46.2 Å². The van der Waals surface area contributed by atoms with Gasteiger partial charge in [-0.25, -0.2) is 9.78 Å². The first-order valence-corrected chi connectivity index (χ1v) is 10.4. The molecule has 30 heavy (non-hydrogen) atoms. The van der Waals surface area contributed by atoms with E-state index in [2.05, 4.69) is 15.2 Å². The molecule has 0 aliphatic heterocycles. The van der Waals surface area contributed by atoms with E-state index >= 15 is 0 Å². The fourth-order valence-corrected chi connectivity index (χ4v) is 4.34. The summed E-state index contributed by atoms with van der Waals surface area (Å²) in [5.74, 6) is -0.218. The van der Waals surface area contributed by atoms with Gasteiger partial charge in [0.2, 0.25) is 5.89 Å². The van der Waals surface area contributed by atoms with E-state index in [-0.39, 0.29) is 17.5 Å². The number of thiophene rings is 1. The average molecular weight is 442 g/mol. The number of aryl methyl sites for hydroxylation is 1. The van der Waals surface area contributed by atoms with E-state index in [1.54, 1.807) is 25.2 Å². The Morgan fingerprint density at radius 2 is 2.00 bits per heavy atom. The van der Waals surface area contributed by atoms with Gasteiger partial charge in [-0.1, -0.05) is 6.07 Å². The van der Waals surface area contributed by atoms with Crippen molar-refractivity contribution in [3.63, 3.8) is 0 Å². The van der Waals surface area contributed by atoms with Crippen LogP contribution in [0, 0.1) is 17.0 Å². The molecule has 0 bridgehead atoms. The molecule has 0 amide bonds. The van der Waals surface area contributed by atoms with Gasteiger partial charge in [-0.05, 0) is 37.4 Å². The van der Waals surface area contributed by atoms with Crippen molar-refractivity contribution in [1.82, 2.24) is 15.2 Å². The number of thiazole rings is 1. The molecule has 1 unspecified atom stereocenters. The van der Waals surface area contributed by atoms with E-state index in [1.807, 2.05) is 17.5 Å². The minimum Gasteiger partial charge on any atom is -0.448 e. The van der Waals surface area contributed by atoms with Gasteiger partial charge in [0.15, 0.2) is 6.10 Å². The fraction of sp³-hybridized carbons (Fsp3) is 0.158. The topological polar surface area (TPSA) is 121 Å². The number of benzene rings is 1. The lowest BCUT2D eigenvalue weighted by atomic mass is 10.2. The van der Waals surface area contributed by atoms with Crippen molar-refractivity contribution >= 4 is 34.3 Å². The Kier molecular flexibility index (Phi) is 5.38. The maximum atomic E-state index is 12.6. The first-order chi connectivity index (χ1) is 14.4. The van der Waals surface area contributed by atoms with Crippen LogP contribution in [0.1, 0.15) is 34.3 Å². The van der Waals surface area contributed by atoms with Crippen LogP contribution in [0.5, 0.6) is 0 Å². The smallest absolute Gasteiger partial charge is 0.351 e. The lowest BCUT2D eigenvalue weighted by Gasteiger charge is -2.08. The molecule has 152 valence electrons. The molecule has 0 fully saturated rings. The van der Waals surface area contributed by atoms with E-state index in [0.717, 1.165) is 9.88 Å². The predicted octanol–water partition coefficient (Wildman–Crippen LogP) is 5.06. The Bertz CT molecular complexity index is 1200. The minimum atomic E-state index is -0.775. The number of rotatable bonds is 6. The highest BCUT2D eigenvalue weighted by molar-refractivity contribution is 7.22. The number of carbonyl (C=O) groups excluding carboxylic acids is 1. The quantitative estimate of drug-likeness (QED) is 0.231. The van der Waals surface area contributed by atoms with Crippen molar-refractivity contribution in [3.05, 3.63) is 68.4 Å². The summed E-state index contributed by atoms with van der Waals surface area (Å²) in [7, 11) is 0. The number of ether oxygens (including phenoxy) is 1. The number of carbonyl (C=O) groups is 1. The third kappa shape index (κ3) is 3.98. The lowest BCUT2D eigenvalue weighted by molar-refractivity contribution is -0.384. The highest BCUT2D eigenvalue weighted by Crippen LogP contribution is 2.32. The standard InChI is InChI=1S/C19H14N4O5S2/c1-10-15(30-18(20-10)14-4-3-9-29-14)19(24)27-11(2)16-21-22-17(28-16)12-5-7-13(8-6-12)23(25)26/h3-9,11H,1-2H3. The van der Waals surface area contributed by atoms with Gasteiger partial charge in [-0.2, -0.15) is 0 Å². The number of nitro groups is 1. The molecule has 0 N–H and O–H groups in total. The van der Waals surface area contributed by atoms with Crippen LogP contribution in [0.3, 0.4) is 0 Å². The number of non-ortho nitro benzene ring substituents is 1. The molecule has 1 atom stereocenters. The number of esters is 1. The van der Waals surface area contributed by atoms with Crippen LogP contribution in [-0.4, -0.2) is 26.1 Å². The third-order valence-electron chi connectivity index (χ3n) is 4.11. The third-order valence-corrected chi connectivity index (χ3v) is 6.29. The van der Waals surface area contributed by atoms with Crippen molar-refractivity contribution in [1.29, 1.82) is 0 Å². The zero-order valence-corrected chi connectivity index (χ0v) is 17.4. The van der Waals surface area contributed by atoms with Crippen LogP contribution in [0.2, 0.25) is 0 Å². The van der Waals surface area contributed by atoms with Crippen LogP contribution in [0.4, 0.5) is 5.69 Å². The van der Waals surface area contributed by atoms with Gasteiger partial charge in [0.1, 0.15) is 9.88 Å². The van der Waals surface area contributed by atoms with Gasteiger partial charge in [-0.3, -0.25) is 10.1 Å². The number of nitrogens with zero attached hydrogens (tertiary/aromatic N) is 4. The molecule has 3 aromatic heterocycles. The first kappa shape index (κ1) is 19.9. The zero-order chi connectivity index (χ0) is 21.3. The number of aromatic nitrogens is 3. The van der Waals surface area contributed by atoms with Gasteiger partial charge in [0, 0.05) is 17.7 Å². The molecule has 4 rings (SSSR count). The molecule has 0 saturated carbocycles. The van der Waals surface area contributed by atoms with Crippen LogP contribution in [0.25, 0.3) is 21.3 Å². The van der Waals surface area contributed by atoms with Gasteiger partial charge in [0.25, 0.3) is 11.6 Å². The maximum absolute atomic E-state index is 12.6. The Morgan fingerprint density at radius 3 is 2.67 bits per heavy atom. The normalized spacial score (nSPS) is 11.9. The fourth-order valence-electron chi connectivity index (χ4n) is 2.60. The van der Waals surface area contributed by atoms with Crippen molar-refractivity contribution in [2.45, 2.75) is 20.0 Å². The van der Waals surface area contributed by atoms with Crippen molar-refractivity contribution in [3.8, 4) is 21.3 Å².